The number of nitrogens with two attached hydrogens (primary N) is 1. The van der Waals surface area contributed by atoms with E-state index >= 15 is 0 Å². The van der Waals surface area contributed by atoms with Crippen LogP contribution < -0.4 is 5.73 Å². The highest BCUT2D eigenvalue weighted by molar-refractivity contribution is 5.86. The van der Waals surface area contributed by atoms with Gasteiger partial charge in [0, 0.05) is 12.5 Å². The van der Waals surface area contributed by atoms with Gasteiger partial charge in [-0.3, -0.25) is 0 Å². The molecule has 0 saturated heterocycles. The smallest absolute Gasteiger partial charge is 0.324 e. The number of halogens is 4. The van der Waals surface area contributed by atoms with Crippen molar-refractivity contribution in [3.8, 4) is 0 Å². The molecule has 1 nitrogen and oxygen atoms in total. The topological polar surface area (TPSA) is 26.0 Å². The monoisotopic (exact) mass is 289 g/mol. The molecule has 2 aromatic rings. The maximum absolute atomic E-state index is 12.2. The van der Waals surface area contributed by atoms with Crippen LogP contribution in [0.4, 0.5) is 13.2 Å². The van der Waals surface area contributed by atoms with Crippen molar-refractivity contribution >= 4 is 23.2 Å². The van der Waals surface area contributed by atoms with Gasteiger partial charge in [-0.15, -0.1) is 12.4 Å². The van der Waals surface area contributed by atoms with E-state index in [1.165, 1.54) is 0 Å². The third kappa shape index (κ3) is 4.11. The zero-order valence-corrected chi connectivity index (χ0v) is 11.0. The molecule has 0 amide bonds. The van der Waals surface area contributed by atoms with E-state index in [0.717, 1.165) is 16.3 Å². The van der Waals surface area contributed by atoms with Gasteiger partial charge in [-0.25, -0.2) is 0 Å². The van der Waals surface area contributed by atoms with E-state index in [1.807, 2.05) is 36.4 Å². The lowest BCUT2D eigenvalue weighted by molar-refractivity contribution is -0.136. The average molecular weight is 290 g/mol. The molecule has 0 bridgehead atoms. The molecule has 0 radical (unpaired) electrons. The van der Waals surface area contributed by atoms with Crippen LogP contribution in [0.25, 0.3) is 10.8 Å². The molecule has 5 heteroatoms. The SMILES string of the molecule is Cl.N[C@H](CCC(F)(F)F)c1cccc2ccccc12. The Morgan fingerprint density at radius 3 is 2.32 bits per heavy atom. The third-order valence-electron chi connectivity index (χ3n) is 2.96. The third-order valence-corrected chi connectivity index (χ3v) is 2.96. The Labute approximate surface area is 116 Å². The highest BCUT2D eigenvalue weighted by Gasteiger charge is 2.28. The zero-order valence-electron chi connectivity index (χ0n) is 10.2. The lowest BCUT2D eigenvalue weighted by Gasteiger charge is -2.15. The molecule has 0 spiro atoms. The van der Waals surface area contributed by atoms with Crippen LogP contribution in [-0.4, -0.2) is 6.18 Å². The van der Waals surface area contributed by atoms with Gasteiger partial charge in [0.05, 0.1) is 0 Å². The quantitative estimate of drug-likeness (QED) is 0.878. The molecule has 1 atom stereocenters. The average Bonchev–Trinajstić information content (AvgIpc) is 2.34. The van der Waals surface area contributed by atoms with Crippen molar-refractivity contribution in [1.29, 1.82) is 0 Å². The van der Waals surface area contributed by atoms with Gasteiger partial charge >= 0.3 is 6.18 Å². The molecule has 0 aliphatic heterocycles. The number of fused-ring (bicyclic) bond motifs is 1. The largest absolute Gasteiger partial charge is 0.389 e. The van der Waals surface area contributed by atoms with Gasteiger partial charge in [-0.2, -0.15) is 13.2 Å². The van der Waals surface area contributed by atoms with Crippen molar-refractivity contribution in [3.05, 3.63) is 48.0 Å². The van der Waals surface area contributed by atoms with Crippen molar-refractivity contribution in [2.45, 2.75) is 25.1 Å². The first-order chi connectivity index (χ1) is 8.47. The number of benzene rings is 2. The summed E-state index contributed by atoms with van der Waals surface area (Å²) in [7, 11) is 0. The number of hydrogen-bond donors (Lipinski definition) is 1. The molecule has 0 aromatic heterocycles. The predicted molar refractivity (Wildman–Crippen MR) is 73.4 cm³/mol. The second kappa shape index (κ2) is 6.26. The van der Waals surface area contributed by atoms with Crippen molar-refractivity contribution < 1.29 is 13.2 Å². The Kier molecular flexibility index (Phi) is 5.20. The first-order valence-electron chi connectivity index (χ1n) is 5.77. The number of rotatable bonds is 3. The van der Waals surface area contributed by atoms with Gasteiger partial charge < -0.3 is 5.73 Å². The van der Waals surface area contributed by atoms with E-state index in [0.29, 0.717) is 0 Å². The Morgan fingerprint density at radius 2 is 1.63 bits per heavy atom. The van der Waals surface area contributed by atoms with Crippen LogP contribution in [-0.2, 0) is 0 Å². The minimum atomic E-state index is -4.15. The molecular formula is C14H15ClF3N. The first-order valence-corrected chi connectivity index (χ1v) is 5.77. The van der Waals surface area contributed by atoms with E-state index in [-0.39, 0.29) is 18.8 Å². The fraction of sp³-hybridized carbons (Fsp3) is 0.286. The van der Waals surface area contributed by atoms with Crippen molar-refractivity contribution in [3.63, 3.8) is 0 Å². The van der Waals surface area contributed by atoms with E-state index in [9.17, 15) is 13.2 Å². The van der Waals surface area contributed by atoms with Crippen LogP contribution >= 0.6 is 12.4 Å². The summed E-state index contributed by atoms with van der Waals surface area (Å²) in [6, 6.07) is 12.5. The summed E-state index contributed by atoms with van der Waals surface area (Å²) in [5.74, 6) is 0. The highest BCUT2D eigenvalue weighted by Crippen LogP contribution is 2.29. The van der Waals surface area contributed by atoms with E-state index in [1.54, 1.807) is 6.07 Å². The molecule has 0 fully saturated rings. The highest BCUT2D eigenvalue weighted by atomic mass is 35.5. The Morgan fingerprint density at radius 1 is 1.00 bits per heavy atom. The normalized spacial score (nSPS) is 13.1. The van der Waals surface area contributed by atoms with Gasteiger partial charge in [0.2, 0.25) is 0 Å². The van der Waals surface area contributed by atoms with E-state index in [4.69, 9.17) is 5.73 Å². The molecule has 0 aliphatic carbocycles. The van der Waals surface area contributed by atoms with Crippen LogP contribution in [0.15, 0.2) is 42.5 Å². The molecule has 104 valence electrons. The first kappa shape index (κ1) is 15.8. The summed E-state index contributed by atoms with van der Waals surface area (Å²) in [4.78, 5) is 0. The molecule has 2 aromatic carbocycles. The van der Waals surface area contributed by atoms with Gasteiger partial charge in [-0.05, 0) is 22.8 Å². The summed E-state index contributed by atoms with van der Waals surface area (Å²) < 4.78 is 36.6. The van der Waals surface area contributed by atoms with Gasteiger partial charge in [-0.1, -0.05) is 42.5 Å². The Hall–Kier alpha value is -1.26. The van der Waals surface area contributed by atoms with Crippen LogP contribution in [0.2, 0.25) is 0 Å². The second-order valence-corrected chi connectivity index (χ2v) is 4.33. The van der Waals surface area contributed by atoms with Crippen molar-refractivity contribution in [1.82, 2.24) is 0 Å². The summed E-state index contributed by atoms with van der Waals surface area (Å²) in [6.07, 6.45) is -5.09. The molecular weight excluding hydrogens is 275 g/mol. The second-order valence-electron chi connectivity index (χ2n) is 4.33. The van der Waals surface area contributed by atoms with Crippen LogP contribution in [0.3, 0.4) is 0 Å². The Balaban J connectivity index is 0.00000180. The lowest BCUT2D eigenvalue weighted by atomic mass is 9.96. The standard InChI is InChI=1S/C14H14F3N.ClH/c15-14(16,17)9-8-13(18)12-7-3-5-10-4-1-2-6-11(10)12;/h1-7,13H,8-9,18H2;1H/t13-;/m1./s1. The molecule has 0 unspecified atom stereocenters. The number of alkyl halides is 3. The minimum Gasteiger partial charge on any atom is -0.324 e. The van der Waals surface area contributed by atoms with Gasteiger partial charge in [0.25, 0.3) is 0 Å². The molecule has 0 aliphatic rings. The summed E-state index contributed by atoms with van der Waals surface area (Å²) in [6.45, 7) is 0. The van der Waals surface area contributed by atoms with Crippen LogP contribution in [0, 0.1) is 0 Å². The lowest BCUT2D eigenvalue weighted by Crippen LogP contribution is -2.16. The molecule has 0 heterocycles. The van der Waals surface area contributed by atoms with Gasteiger partial charge in [0.15, 0.2) is 0 Å². The molecule has 19 heavy (non-hydrogen) atoms. The van der Waals surface area contributed by atoms with Crippen LogP contribution in [0.1, 0.15) is 24.4 Å². The summed E-state index contributed by atoms with van der Waals surface area (Å²) >= 11 is 0. The predicted octanol–water partition coefficient (Wildman–Crippen LogP) is 4.60. The summed E-state index contributed by atoms with van der Waals surface area (Å²) in [5.41, 5.74) is 6.64. The molecule has 2 N–H and O–H groups in total. The fourth-order valence-corrected chi connectivity index (χ4v) is 2.05. The van der Waals surface area contributed by atoms with Crippen molar-refractivity contribution in [2.24, 2.45) is 5.73 Å². The molecule has 0 saturated carbocycles. The van der Waals surface area contributed by atoms with Gasteiger partial charge in [0.1, 0.15) is 0 Å². The maximum atomic E-state index is 12.2. The van der Waals surface area contributed by atoms with Crippen LogP contribution in [0.5, 0.6) is 0 Å². The van der Waals surface area contributed by atoms with E-state index in [2.05, 4.69) is 0 Å². The summed E-state index contributed by atoms with van der Waals surface area (Å²) in [5, 5.41) is 1.92. The minimum absolute atomic E-state index is 0. The zero-order chi connectivity index (χ0) is 13.2. The maximum Gasteiger partial charge on any atom is 0.389 e. The molecule has 2 rings (SSSR count). The van der Waals surface area contributed by atoms with Crippen molar-refractivity contribution in [2.75, 3.05) is 0 Å². The van der Waals surface area contributed by atoms with E-state index < -0.39 is 18.6 Å². The number of hydrogen-bond acceptors (Lipinski definition) is 1. The fourth-order valence-electron chi connectivity index (χ4n) is 2.05. The Bertz CT molecular complexity index is 534.